The Hall–Kier alpha value is -2.82. The van der Waals surface area contributed by atoms with Gasteiger partial charge in [0, 0.05) is 11.7 Å². The van der Waals surface area contributed by atoms with Crippen molar-refractivity contribution in [3.8, 4) is 5.75 Å². The molecule has 2 atom stereocenters. The van der Waals surface area contributed by atoms with Crippen LogP contribution in [0.5, 0.6) is 5.75 Å². The second-order valence-electron chi connectivity index (χ2n) is 7.04. The van der Waals surface area contributed by atoms with Gasteiger partial charge in [-0.1, -0.05) is 50.1 Å². The van der Waals surface area contributed by atoms with Crippen LogP contribution in [0.4, 0.5) is 5.69 Å². The molecule has 0 radical (unpaired) electrons. The third-order valence-corrected chi connectivity index (χ3v) is 4.98. The zero-order chi connectivity index (χ0) is 19.1. The van der Waals surface area contributed by atoms with E-state index in [1.54, 1.807) is 24.3 Å². The minimum Gasteiger partial charge on any atom is -0.483 e. The summed E-state index contributed by atoms with van der Waals surface area (Å²) in [5.74, 6) is 0.481. The van der Waals surface area contributed by atoms with Crippen LogP contribution in [-0.2, 0) is 4.79 Å². The molecule has 5 heteroatoms. The molecule has 27 heavy (non-hydrogen) atoms. The number of anilines is 1. The van der Waals surface area contributed by atoms with Crippen molar-refractivity contribution >= 4 is 17.5 Å². The van der Waals surface area contributed by atoms with E-state index in [2.05, 4.69) is 17.6 Å². The van der Waals surface area contributed by atoms with E-state index in [1.165, 1.54) is 6.42 Å². The Balaban J connectivity index is 1.58. The molecule has 0 bridgehead atoms. The number of carbonyl (C=O) groups is 2. The van der Waals surface area contributed by atoms with Crippen LogP contribution in [0.2, 0.25) is 0 Å². The Morgan fingerprint density at radius 1 is 1.00 bits per heavy atom. The summed E-state index contributed by atoms with van der Waals surface area (Å²) in [4.78, 5) is 24.8. The Kier molecular flexibility index (Phi) is 6.47. The number of hydrogen-bond acceptors (Lipinski definition) is 3. The zero-order valence-electron chi connectivity index (χ0n) is 15.6. The van der Waals surface area contributed by atoms with E-state index in [4.69, 9.17) is 4.74 Å². The maximum atomic E-state index is 12.5. The zero-order valence-corrected chi connectivity index (χ0v) is 15.6. The molecule has 2 aromatic rings. The van der Waals surface area contributed by atoms with Crippen LogP contribution in [0, 0.1) is 5.92 Å². The van der Waals surface area contributed by atoms with Gasteiger partial charge in [-0.25, -0.2) is 0 Å². The molecule has 3 rings (SSSR count). The van der Waals surface area contributed by atoms with Gasteiger partial charge in [0.2, 0.25) is 0 Å². The van der Waals surface area contributed by atoms with Crippen LogP contribution < -0.4 is 15.4 Å². The number of nitrogens with one attached hydrogen (secondary N) is 2. The van der Waals surface area contributed by atoms with Crippen LogP contribution >= 0.6 is 0 Å². The summed E-state index contributed by atoms with van der Waals surface area (Å²) < 4.78 is 5.66. The first-order chi connectivity index (χ1) is 13.1. The van der Waals surface area contributed by atoms with Crippen LogP contribution in [-0.4, -0.2) is 24.5 Å². The van der Waals surface area contributed by atoms with Gasteiger partial charge in [-0.2, -0.15) is 0 Å². The molecule has 142 valence electrons. The lowest BCUT2D eigenvalue weighted by atomic mass is 9.86. The lowest BCUT2D eigenvalue weighted by Crippen LogP contribution is -2.43. The SMILES string of the molecule is C[C@H]1CCCC[C@H]1NC(=O)COc1ccccc1C(=O)Nc1ccccc1. The summed E-state index contributed by atoms with van der Waals surface area (Å²) in [5.41, 5.74) is 1.11. The first-order valence-electron chi connectivity index (χ1n) is 9.51. The maximum absolute atomic E-state index is 12.5. The van der Waals surface area contributed by atoms with Crippen molar-refractivity contribution in [3.63, 3.8) is 0 Å². The molecule has 0 heterocycles. The highest BCUT2D eigenvalue weighted by Gasteiger charge is 2.23. The summed E-state index contributed by atoms with van der Waals surface area (Å²) in [5, 5.41) is 5.90. The van der Waals surface area contributed by atoms with Gasteiger partial charge >= 0.3 is 0 Å². The average molecular weight is 366 g/mol. The third-order valence-electron chi connectivity index (χ3n) is 4.98. The van der Waals surface area contributed by atoms with Gasteiger partial charge in [0.05, 0.1) is 5.56 Å². The standard InChI is InChI=1S/C22H26N2O3/c1-16-9-5-7-13-19(16)24-21(25)15-27-20-14-8-6-12-18(20)22(26)23-17-10-3-2-4-11-17/h2-4,6,8,10-12,14,16,19H,5,7,9,13,15H2,1H3,(H,23,26)(H,24,25)/t16-,19+/m0/s1. The summed E-state index contributed by atoms with van der Waals surface area (Å²) in [6.07, 6.45) is 4.55. The molecule has 1 aliphatic rings. The van der Waals surface area contributed by atoms with Crippen LogP contribution in [0.15, 0.2) is 54.6 Å². The number of ether oxygens (including phenoxy) is 1. The molecular formula is C22H26N2O3. The molecule has 0 aromatic heterocycles. The van der Waals surface area contributed by atoms with E-state index in [0.29, 0.717) is 22.9 Å². The normalized spacial score (nSPS) is 19.1. The highest BCUT2D eigenvalue weighted by Crippen LogP contribution is 2.24. The molecular weight excluding hydrogens is 340 g/mol. The number of amides is 2. The third kappa shape index (κ3) is 5.33. The lowest BCUT2D eigenvalue weighted by molar-refractivity contribution is -0.124. The van der Waals surface area contributed by atoms with E-state index in [-0.39, 0.29) is 24.5 Å². The van der Waals surface area contributed by atoms with E-state index in [1.807, 2.05) is 30.3 Å². The highest BCUT2D eigenvalue weighted by molar-refractivity contribution is 6.06. The fourth-order valence-corrected chi connectivity index (χ4v) is 3.42. The number of rotatable bonds is 6. The minimum atomic E-state index is -0.266. The van der Waals surface area contributed by atoms with Gasteiger partial charge in [-0.05, 0) is 43.0 Å². The van der Waals surface area contributed by atoms with Crippen molar-refractivity contribution in [2.45, 2.75) is 38.6 Å². The van der Waals surface area contributed by atoms with Crippen molar-refractivity contribution in [2.75, 3.05) is 11.9 Å². The first kappa shape index (κ1) is 19.0. The minimum absolute atomic E-state index is 0.0984. The van der Waals surface area contributed by atoms with Crippen molar-refractivity contribution in [2.24, 2.45) is 5.92 Å². The summed E-state index contributed by atoms with van der Waals surface area (Å²) >= 11 is 0. The Morgan fingerprint density at radius 3 is 2.48 bits per heavy atom. The second-order valence-corrected chi connectivity index (χ2v) is 7.04. The summed E-state index contributed by atoms with van der Waals surface area (Å²) in [6, 6.07) is 16.4. The highest BCUT2D eigenvalue weighted by atomic mass is 16.5. The van der Waals surface area contributed by atoms with Gasteiger partial charge in [0.15, 0.2) is 6.61 Å². The van der Waals surface area contributed by atoms with E-state index >= 15 is 0 Å². The quantitative estimate of drug-likeness (QED) is 0.812. The van der Waals surface area contributed by atoms with Gasteiger partial charge in [0.1, 0.15) is 5.75 Å². The van der Waals surface area contributed by atoms with Crippen LogP contribution in [0.3, 0.4) is 0 Å². The molecule has 0 spiro atoms. The molecule has 1 aliphatic carbocycles. The molecule has 0 aliphatic heterocycles. The molecule has 0 saturated heterocycles. The predicted octanol–water partition coefficient (Wildman–Crippen LogP) is 4.01. The van der Waals surface area contributed by atoms with Crippen LogP contribution in [0.1, 0.15) is 43.0 Å². The van der Waals surface area contributed by atoms with E-state index < -0.39 is 0 Å². The largest absolute Gasteiger partial charge is 0.483 e. The van der Waals surface area contributed by atoms with Gasteiger partial charge in [0.25, 0.3) is 11.8 Å². The van der Waals surface area contributed by atoms with Crippen molar-refractivity contribution in [1.29, 1.82) is 0 Å². The number of carbonyl (C=O) groups excluding carboxylic acids is 2. The molecule has 5 nitrogen and oxygen atoms in total. The van der Waals surface area contributed by atoms with E-state index in [9.17, 15) is 9.59 Å². The first-order valence-corrected chi connectivity index (χ1v) is 9.51. The molecule has 1 saturated carbocycles. The molecule has 2 aromatic carbocycles. The smallest absolute Gasteiger partial charge is 0.259 e. The molecule has 2 amide bonds. The Labute approximate surface area is 160 Å². The number of para-hydroxylation sites is 2. The van der Waals surface area contributed by atoms with Crippen molar-refractivity contribution in [3.05, 3.63) is 60.2 Å². The van der Waals surface area contributed by atoms with Gasteiger partial charge in [-0.15, -0.1) is 0 Å². The van der Waals surface area contributed by atoms with Gasteiger partial charge < -0.3 is 15.4 Å². The number of hydrogen-bond donors (Lipinski definition) is 2. The Morgan fingerprint density at radius 2 is 1.70 bits per heavy atom. The molecule has 2 N–H and O–H groups in total. The molecule has 0 unspecified atom stereocenters. The topological polar surface area (TPSA) is 67.4 Å². The fourth-order valence-electron chi connectivity index (χ4n) is 3.42. The summed E-state index contributed by atoms with van der Waals surface area (Å²) in [7, 11) is 0. The number of benzene rings is 2. The van der Waals surface area contributed by atoms with Gasteiger partial charge in [-0.3, -0.25) is 9.59 Å². The Bertz CT molecular complexity index is 776. The van der Waals surface area contributed by atoms with Crippen molar-refractivity contribution < 1.29 is 14.3 Å². The summed E-state index contributed by atoms with van der Waals surface area (Å²) in [6.45, 7) is 2.08. The monoisotopic (exact) mass is 366 g/mol. The predicted molar refractivity (Wildman–Crippen MR) is 106 cm³/mol. The maximum Gasteiger partial charge on any atom is 0.259 e. The lowest BCUT2D eigenvalue weighted by Gasteiger charge is -2.29. The second kappa shape index (κ2) is 9.21. The van der Waals surface area contributed by atoms with E-state index in [0.717, 1.165) is 19.3 Å². The fraction of sp³-hybridized carbons (Fsp3) is 0.364. The average Bonchev–Trinajstić information content (AvgIpc) is 2.69. The van der Waals surface area contributed by atoms with Crippen LogP contribution in [0.25, 0.3) is 0 Å². The molecule has 1 fully saturated rings. The van der Waals surface area contributed by atoms with Crippen molar-refractivity contribution in [1.82, 2.24) is 5.32 Å².